The number of carbonyl (C=O) groups is 1. The second-order valence-electron chi connectivity index (χ2n) is 5.65. The van der Waals surface area contributed by atoms with E-state index in [1.165, 1.54) is 5.56 Å². The third kappa shape index (κ3) is 3.99. The first-order valence-corrected chi connectivity index (χ1v) is 7.92. The molecule has 0 unspecified atom stereocenters. The second-order valence-corrected chi connectivity index (χ2v) is 5.65. The molecule has 0 fully saturated rings. The average Bonchev–Trinajstić information content (AvgIpc) is 2.63. The molecule has 118 valence electrons. The number of nitrogens with one attached hydrogen (secondary N) is 1. The molecule has 3 rings (SSSR count). The number of carbonyl (C=O) groups excluding carboxylic acids is 1. The topological polar surface area (TPSA) is 29.1 Å². The van der Waals surface area contributed by atoms with E-state index < -0.39 is 0 Å². The molecule has 0 heterocycles. The lowest BCUT2D eigenvalue weighted by molar-refractivity contribution is 0.104. The van der Waals surface area contributed by atoms with Crippen molar-refractivity contribution in [3.8, 4) is 0 Å². The van der Waals surface area contributed by atoms with Crippen LogP contribution in [-0.4, -0.2) is 5.78 Å². The van der Waals surface area contributed by atoms with E-state index in [4.69, 9.17) is 0 Å². The lowest BCUT2D eigenvalue weighted by Gasteiger charge is -2.12. The van der Waals surface area contributed by atoms with Crippen LogP contribution >= 0.6 is 0 Å². The fraction of sp³-hybridized carbons (Fsp3) is 0.0455. The van der Waals surface area contributed by atoms with E-state index >= 15 is 0 Å². The molecule has 0 bridgehead atoms. The zero-order valence-electron chi connectivity index (χ0n) is 13.6. The van der Waals surface area contributed by atoms with Crippen LogP contribution in [0.15, 0.2) is 91.0 Å². The van der Waals surface area contributed by atoms with Crippen LogP contribution < -0.4 is 5.32 Å². The fourth-order valence-corrected chi connectivity index (χ4v) is 2.42. The molecule has 24 heavy (non-hydrogen) atoms. The summed E-state index contributed by atoms with van der Waals surface area (Å²) in [5.41, 5.74) is 4.58. The van der Waals surface area contributed by atoms with Crippen molar-refractivity contribution < 1.29 is 4.79 Å². The molecule has 0 aromatic heterocycles. The van der Waals surface area contributed by atoms with Crippen molar-refractivity contribution in [3.05, 3.63) is 108 Å². The number of allylic oxidation sites excluding steroid dienone is 1. The van der Waals surface area contributed by atoms with Gasteiger partial charge in [0.15, 0.2) is 5.78 Å². The summed E-state index contributed by atoms with van der Waals surface area (Å²) < 4.78 is 0. The number of rotatable bonds is 5. The van der Waals surface area contributed by atoms with Crippen LogP contribution in [-0.2, 0) is 0 Å². The van der Waals surface area contributed by atoms with E-state index in [0.717, 1.165) is 16.9 Å². The maximum atomic E-state index is 12.6. The number of para-hydroxylation sites is 1. The van der Waals surface area contributed by atoms with Crippen LogP contribution in [0.2, 0.25) is 0 Å². The number of aryl methyl sites for hydroxylation is 1. The summed E-state index contributed by atoms with van der Waals surface area (Å²) in [5.74, 6) is -0.0189. The van der Waals surface area contributed by atoms with E-state index in [1.807, 2.05) is 91.9 Å². The molecular formula is C22H19NO. The molecule has 0 amide bonds. The van der Waals surface area contributed by atoms with Crippen molar-refractivity contribution in [2.45, 2.75) is 6.92 Å². The summed E-state index contributed by atoms with van der Waals surface area (Å²) in [5, 5.41) is 3.36. The summed E-state index contributed by atoms with van der Waals surface area (Å²) in [4.78, 5) is 12.6. The molecule has 0 saturated carbocycles. The number of anilines is 1. The Morgan fingerprint density at radius 3 is 1.96 bits per heavy atom. The van der Waals surface area contributed by atoms with Crippen LogP contribution in [0.25, 0.3) is 5.70 Å². The predicted octanol–water partition coefficient (Wildman–Crippen LogP) is 5.33. The highest BCUT2D eigenvalue weighted by molar-refractivity contribution is 6.09. The SMILES string of the molecule is Cc1ccc(/C(=C/C(=O)c2ccccc2)Nc2ccccc2)cc1. The van der Waals surface area contributed by atoms with Gasteiger partial charge in [0.05, 0.1) is 0 Å². The van der Waals surface area contributed by atoms with E-state index in [1.54, 1.807) is 6.08 Å². The molecule has 0 saturated heterocycles. The van der Waals surface area contributed by atoms with E-state index in [9.17, 15) is 4.79 Å². The molecule has 0 spiro atoms. The lowest BCUT2D eigenvalue weighted by Crippen LogP contribution is -2.03. The Bertz CT molecular complexity index is 834. The zero-order chi connectivity index (χ0) is 16.8. The van der Waals surface area contributed by atoms with Gasteiger partial charge in [-0.15, -0.1) is 0 Å². The van der Waals surface area contributed by atoms with Gasteiger partial charge in [0, 0.05) is 23.0 Å². The summed E-state index contributed by atoms with van der Waals surface area (Å²) in [6.07, 6.45) is 1.66. The van der Waals surface area contributed by atoms with Crippen LogP contribution in [0.5, 0.6) is 0 Å². The van der Waals surface area contributed by atoms with Crippen LogP contribution in [0.4, 0.5) is 5.69 Å². The van der Waals surface area contributed by atoms with E-state index in [2.05, 4.69) is 5.32 Å². The Balaban J connectivity index is 1.96. The predicted molar refractivity (Wildman–Crippen MR) is 100.0 cm³/mol. The van der Waals surface area contributed by atoms with Crippen LogP contribution in [0.1, 0.15) is 21.5 Å². The van der Waals surface area contributed by atoms with Crippen molar-refractivity contribution in [1.29, 1.82) is 0 Å². The molecule has 2 nitrogen and oxygen atoms in total. The molecule has 0 atom stereocenters. The minimum absolute atomic E-state index is 0.0189. The van der Waals surface area contributed by atoms with Crippen LogP contribution in [0, 0.1) is 6.92 Å². The van der Waals surface area contributed by atoms with Gasteiger partial charge in [-0.3, -0.25) is 4.79 Å². The standard InChI is InChI=1S/C22H19NO/c1-17-12-14-18(15-13-17)21(23-20-10-6-3-7-11-20)16-22(24)19-8-4-2-5-9-19/h2-16,23H,1H3/b21-16-. The van der Waals surface area contributed by atoms with Gasteiger partial charge in [-0.1, -0.05) is 78.4 Å². The lowest BCUT2D eigenvalue weighted by atomic mass is 10.1. The third-order valence-corrected chi connectivity index (χ3v) is 3.75. The van der Waals surface area contributed by atoms with Crippen molar-refractivity contribution in [1.82, 2.24) is 0 Å². The van der Waals surface area contributed by atoms with Gasteiger partial charge >= 0.3 is 0 Å². The quantitative estimate of drug-likeness (QED) is 0.509. The highest BCUT2D eigenvalue weighted by Crippen LogP contribution is 2.20. The van der Waals surface area contributed by atoms with Crippen LogP contribution in [0.3, 0.4) is 0 Å². The Hall–Kier alpha value is -3.13. The molecule has 0 aliphatic heterocycles. The highest BCUT2D eigenvalue weighted by Gasteiger charge is 2.07. The normalized spacial score (nSPS) is 11.1. The van der Waals surface area contributed by atoms with Crippen molar-refractivity contribution in [3.63, 3.8) is 0 Å². The number of ketones is 1. The molecule has 0 aliphatic carbocycles. The van der Waals surface area contributed by atoms with E-state index in [-0.39, 0.29) is 5.78 Å². The minimum Gasteiger partial charge on any atom is -0.355 e. The summed E-state index contributed by atoms with van der Waals surface area (Å²) in [6.45, 7) is 2.05. The average molecular weight is 313 g/mol. The first-order valence-electron chi connectivity index (χ1n) is 7.92. The van der Waals surface area contributed by atoms with Gasteiger partial charge in [0.1, 0.15) is 0 Å². The summed E-state index contributed by atoms with van der Waals surface area (Å²) in [6, 6.07) is 27.3. The number of hydrogen-bond acceptors (Lipinski definition) is 2. The van der Waals surface area contributed by atoms with E-state index in [0.29, 0.717) is 5.56 Å². The number of benzene rings is 3. The van der Waals surface area contributed by atoms with Gasteiger partial charge in [-0.2, -0.15) is 0 Å². The zero-order valence-corrected chi connectivity index (χ0v) is 13.6. The van der Waals surface area contributed by atoms with Gasteiger partial charge < -0.3 is 5.32 Å². The minimum atomic E-state index is -0.0189. The molecular weight excluding hydrogens is 294 g/mol. The van der Waals surface area contributed by atoms with Crippen molar-refractivity contribution in [2.24, 2.45) is 0 Å². The van der Waals surface area contributed by atoms with Gasteiger partial charge in [0.2, 0.25) is 0 Å². The van der Waals surface area contributed by atoms with Gasteiger partial charge in [-0.05, 0) is 24.6 Å². The third-order valence-electron chi connectivity index (χ3n) is 3.75. The second kappa shape index (κ2) is 7.42. The molecule has 0 radical (unpaired) electrons. The van der Waals surface area contributed by atoms with Crippen molar-refractivity contribution >= 4 is 17.2 Å². The number of hydrogen-bond donors (Lipinski definition) is 1. The molecule has 3 aromatic carbocycles. The summed E-state index contributed by atoms with van der Waals surface area (Å²) in [7, 11) is 0. The molecule has 3 aromatic rings. The first kappa shape index (κ1) is 15.8. The van der Waals surface area contributed by atoms with Crippen molar-refractivity contribution in [2.75, 3.05) is 5.32 Å². The Morgan fingerprint density at radius 1 is 0.750 bits per heavy atom. The first-order chi connectivity index (χ1) is 11.7. The smallest absolute Gasteiger partial charge is 0.187 e. The maximum Gasteiger partial charge on any atom is 0.187 e. The van der Waals surface area contributed by atoms with Gasteiger partial charge in [-0.25, -0.2) is 0 Å². The molecule has 1 N–H and O–H groups in total. The monoisotopic (exact) mass is 313 g/mol. The molecule has 2 heteroatoms. The Morgan fingerprint density at radius 2 is 1.33 bits per heavy atom. The Kier molecular flexibility index (Phi) is 4.87. The fourth-order valence-electron chi connectivity index (χ4n) is 2.42. The Labute approximate surface area is 142 Å². The molecule has 0 aliphatic rings. The maximum absolute atomic E-state index is 12.6. The van der Waals surface area contributed by atoms with Gasteiger partial charge in [0.25, 0.3) is 0 Å². The summed E-state index contributed by atoms with van der Waals surface area (Å²) >= 11 is 0. The highest BCUT2D eigenvalue weighted by atomic mass is 16.1. The largest absolute Gasteiger partial charge is 0.355 e.